The van der Waals surface area contributed by atoms with Crippen molar-refractivity contribution in [2.45, 2.75) is 26.2 Å². The van der Waals surface area contributed by atoms with Gasteiger partial charge in [-0.05, 0) is 54.4 Å². The summed E-state index contributed by atoms with van der Waals surface area (Å²) >= 11 is 0. The molecule has 0 radical (unpaired) electrons. The standard InChI is InChI=1S/C27H27N7O/c1-27(6-8-35)10-20-15-33(16-21(20)11-27)25-4-3-18(13-29-25)23-9-19(24-5-7-32(2)31-24)17-34-26(23)22(12-28)14-30-34/h3-5,7-9,13-14,17,20-21H,6,10-11,15-16H2,1-2H3/t20-,21+,27?. The lowest BCUT2D eigenvalue weighted by Gasteiger charge is -2.25. The van der Waals surface area contributed by atoms with E-state index < -0.39 is 0 Å². The third-order valence-electron chi connectivity index (χ3n) is 7.79. The molecule has 1 aliphatic carbocycles. The smallest absolute Gasteiger partial charge is 0.128 e. The van der Waals surface area contributed by atoms with Gasteiger partial charge in [-0.2, -0.15) is 15.5 Å². The molecule has 0 amide bonds. The third kappa shape index (κ3) is 3.68. The van der Waals surface area contributed by atoms with Crippen LogP contribution in [0, 0.1) is 28.6 Å². The maximum atomic E-state index is 11.1. The first-order chi connectivity index (χ1) is 17.0. The van der Waals surface area contributed by atoms with Gasteiger partial charge in [0.25, 0.3) is 0 Å². The fourth-order valence-corrected chi connectivity index (χ4v) is 6.17. The molecule has 4 aromatic rings. The molecular weight excluding hydrogens is 438 g/mol. The number of anilines is 1. The zero-order valence-electron chi connectivity index (χ0n) is 19.9. The van der Waals surface area contributed by atoms with Crippen molar-refractivity contribution in [2.75, 3.05) is 18.0 Å². The van der Waals surface area contributed by atoms with Crippen LogP contribution in [0.5, 0.6) is 0 Å². The van der Waals surface area contributed by atoms with E-state index in [1.807, 2.05) is 31.7 Å². The fraction of sp³-hybridized carbons (Fsp3) is 0.370. The predicted octanol–water partition coefficient (Wildman–Crippen LogP) is 4.11. The van der Waals surface area contributed by atoms with Gasteiger partial charge in [0.05, 0.1) is 23.0 Å². The van der Waals surface area contributed by atoms with Crippen molar-refractivity contribution >= 4 is 17.6 Å². The van der Waals surface area contributed by atoms with Crippen LogP contribution in [-0.2, 0) is 11.8 Å². The number of carbonyl (C=O) groups excluding carboxylic acids is 1. The lowest BCUT2D eigenvalue weighted by Crippen LogP contribution is -2.25. The molecule has 35 heavy (non-hydrogen) atoms. The quantitative estimate of drug-likeness (QED) is 0.412. The van der Waals surface area contributed by atoms with Crippen LogP contribution in [-0.4, -0.2) is 43.8 Å². The third-order valence-corrected chi connectivity index (χ3v) is 7.79. The Labute approximate surface area is 203 Å². The number of carbonyl (C=O) groups is 1. The predicted molar refractivity (Wildman–Crippen MR) is 133 cm³/mol. The second kappa shape index (κ2) is 8.05. The van der Waals surface area contributed by atoms with Gasteiger partial charge >= 0.3 is 0 Å². The maximum absolute atomic E-state index is 11.1. The fourth-order valence-electron chi connectivity index (χ4n) is 6.17. The van der Waals surface area contributed by atoms with E-state index in [0.29, 0.717) is 23.8 Å². The minimum Gasteiger partial charge on any atom is -0.356 e. The highest BCUT2D eigenvalue weighted by Crippen LogP contribution is 2.50. The highest BCUT2D eigenvalue weighted by molar-refractivity contribution is 5.87. The Morgan fingerprint density at radius 2 is 1.97 bits per heavy atom. The Kier molecular flexibility index (Phi) is 4.95. The van der Waals surface area contributed by atoms with E-state index >= 15 is 0 Å². The van der Waals surface area contributed by atoms with Gasteiger partial charge in [-0.15, -0.1) is 0 Å². The summed E-state index contributed by atoms with van der Waals surface area (Å²) in [5.41, 5.74) is 5.08. The molecule has 0 bridgehead atoms. The van der Waals surface area contributed by atoms with Crippen LogP contribution in [0.25, 0.3) is 27.9 Å². The van der Waals surface area contributed by atoms with Gasteiger partial charge in [0, 0.05) is 61.8 Å². The van der Waals surface area contributed by atoms with E-state index in [1.165, 1.54) is 0 Å². The van der Waals surface area contributed by atoms with Crippen molar-refractivity contribution in [3.63, 3.8) is 0 Å². The van der Waals surface area contributed by atoms with Crippen LogP contribution >= 0.6 is 0 Å². The Balaban J connectivity index is 1.31. The Hall–Kier alpha value is -3.99. The lowest BCUT2D eigenvalue weighted by molar-refractivity contribution is -0.109. The zero-order valence-corrected chi connectivity index (χ0v) is 19.9. The van der Waals surface area contributed by atoms with E-state index in [9.17, 15) is 10.1 Å². The summed E-state index contributed by atoms with van der Waals surface area (Å²) in [6.45, 7) is 4.24. The molecule has 176 valence electrons. The Morgan fingerprint density at radius 1 is 1.17 bits per heavy atom. The minimum atomic E-state index is 0.161. The van der Waals surface area contributed by atoms with Gasteiger partial charge in [-0.25, -0.2) is 9.50 Å². The number of fused-ring (bicyclic) bond motifs is 2. The molecule has 4 aromatic heterocycles. The van der Waals surface area contributed by atoms with E-state index in [4.69, 9.17) is 4.98 Å². The molecule has 0 spiro atoms. The highest BCUT2D eigenvalue weighted by atomic mass is 16.1. The second-order valence-electron chi connectivity index (χ2n) is 10.4. The van der Waals surface area contributed by atoms with Crippen LogP contribution in [0.1, 0.15) is 31.7 Å². The number of nitrogens with zero attached hydrogens (tertiary/aromatic N) is 7. The van der Waals surface area contributed by atoms with Crippen molar-refractivity contribution in [3.8, 4) is 28.5 Å². The zero-order chi connectivity index (χ0) is 24.2. The van der Waals surface area contributed by atoms with Gasteiger partial charge in [0.15, 0.2) is 0 Å². The largest absolute Gasteiger partial charge is 0.356 e. The Bertz CT molecular complexity index is 1450. The molecule has 2 aliphatic rings. The average molecular weight is 466 g/mol. The molecule has 6 rings (SSSR count). The molecule has 2 fully saturated rings. The van der Waals surface area contributed by atoms with E-state index in [1.54, 1.807) is 15.4 Å². The van der Waals surface area contributed by atoms with Crippen LogP contribution < -0.4 is 4.90 Å². The Morgan fingerprint density at radius 3 is 2.60 bits per heavy atom. The van der Waals surface area contributed by atoms with Crippen molar-refractivity contribution < 1.29 is 4.79 Å². The summed E-state index contributed by atoms with van der Waals surface area (Å²) in [5.74, 6) is 2.23. The lowest BCUT2D eigenvalue weighted by atomic mass is 9.84. The molecule has 0 aromatic carbocycles. The van der Waals surface area contributed by atoms with E-state index in [2.05, 4.69) is 46.3 Å². The number of aromatic nitrogens is 5. The first-order valence-electron chi connectivity index (χ1n) is 12.0. The number of rotatable bonds is 5. The SMILES string of the molecule is Cn1ccc(-c2cc(-c3ccc(N4C[C@@H]5CC(C)(CC=O)C[C@@H]5C4)nc3)c3c(C#N)cnn3c2)n1. The minimum absolute atomic E-state index is 0.161. The summed E-state index contributed by atoms with van der Waals surface area (Å²) in [5, 5.41) is 18.6. The number of hydrogen-bond donors (Lipinski definition) is 0. The van der Waals surface area contributed by atoms with Crippen molar-refractivity contribution in [1.82, 2.24) is 24.4 Å². The molecule has 3 atom stereocenters. The molecular formula is C27H27N7O. The van der Waals surface area contributed by atoms with Gasteiger partial charge in [0.2, 0.25) is 0 Å². The molecule has 8 nitrogen and oxygen atoms in total. The van der Waals surface area contributed by atoms with Gasteiger partial charge in [-0.3, -0.25) is 4.68 Å². The monoisotopic (exact) mass is 465 g/mol. The number of pyridine rings is 2. The molecule has 1 aliphatic heterocycles. The summed E-state index contributed by atoms with van der Waals surface area (Å²) in [7, 11) is 1.89. The normalized spacial score (nSPS) is 23.5. The number of nitriles is 1. The first-order valence-corrected chi connectivity index (χ1v) is 12.0. The topological polar surface area (TPSA) is 92.1 Å². The number of aryl methyl sites for hydroxylation is 1. The molecule has 1 unspecified atom stereocenters. The first kappa shape index (κ1) is 21.5. The maximum Gasteiger partial charge on any atom is 0.128 e. The summed E-state index contributed by atoms with van der Waals surface area (Å²) in [6, 6.07) is 10.4. The highest BCUT2D eigenvalue weighted by Gasteiger charge is 2.46. The van der Waals surface area contributed by atoms with Crippen LogP contribution in [0.4, 0.5) is 5.82 Å². The molecule has 5 heterocycles. The summed E-state index contributed by atoms with van der Waals surface area (Å²) < 4.78 is 3.52. The molecule has 0 N–H and O–H groups in total. The molecule has 1 saturated carbocycles. The van der Waals surface area contributed by atoms with Crippen molar-refractivity contribution in [2.24, 2.45) is 24.3 Å². The van der Waals surface area contributed by atoms with E-state index in [-0.39, 0.29) is 5.41 Å². The molecule has 8 heteroatoms. The van der Waals surface area contributed by atoms with Crippen molar-refractivity contribution in [1.29, 1.82) is 5.26 Å². The van der Waals surface area contributed by atoms with Gasteiger partial charge < -0.3 is 9.69 Å². The average Bonchev–Trinajstić information content (AvgIpc) is 3.61. The van der Waals surface area contributed by atoms with Crippen LogP contribution in [0.2, 0.25) is 0 Å². The van der Waals surface area contributed by atoms with Crippen LogP contribution in [0.3, 0.4) is 0 Å². The number of hydrogen-bond acceptors (Lipinski definition) is 6. The number of aldehydes is 1. The molecule has 1 saturated heterocycles. The second-order valence-corrected chi connectivity index (χ2v) is 10.4. The summed E-state index contributed by atoms with van der Waals surface area (Å²) in [4.78, 5) is 18.3. The van der Waals surface area contributed by atoms with Crippen LogP contribution in [0.15, 0.2) is 49.1 Å². The van der Waals surface area contributed by atoms with E-state index in [0.717, 1.165) is 65.9 Å². The van der Waals surface area contributed by atoms with Crippen molar-refractivity contribution in [3.05, 3.63) is 54.6 Å². The summed E-state index contributed by atoms with van der Waals surface area (Å²) in [6.07, 6.45) is 11.3. The van der Waals surface area contributed by atoms with Gasteiger partial charge in [0.1, 0.15) is 18.2 Å². The van der Waals surface area contributed by atoms with Gasteiger partial charge in [-0.1, -0.05) is 6.92 Å².